The fraction of sp³-hybridized carbons (Fsp3) is 0.286. The molecule has 70 valence electrons. The van der Waals surface area contributed by atoms with Gasteiger partial charge in [0.1, 0.15) is 18.7 Å². The van der Waals surface area contributed by atoms with Gasteiger partial charge in [0, 0.05) is 7.05 Å². The zero-order valence-electron chi connectivity index (χ0n) is 7.30. The molecule has 0 saturated carbocycles. The van der Waals surface area contributed by atoms with Crippen molar-refractivity contribution in [3.05, 3.63) is 6.33 Å². The summed E-state index contributed by atoms with van der Waals surface area (Å²) in [5, 5.41) is 8.86. The molecule has 0 aromatic carbocycles. The summed E-state index contributed by atoms with van der Waals surface area (Å²) in [6.45, 7) is 3.18. The molecule has 6 nitrogen and oxygen atoms in total. The average molecular weight is 181 g/mol. The van der Waals surface area contributed by atoms with Crippen molar-refractivity contribution in [2.24, 2.45) is 4.99 Å². The zero-order valence-corrected chi connectivity index (χ0v) is 7.30. The highest BCUT2D eigenvalue weighted by atomic mass is 16.3. The fourth-order valence-electron chi connectivity index (χ4n) is 0.881. The lowest BCUT2D eigenvalue weighted by Gasteiger charge is -2.16. The lowest BCUT2D eigenvalue weighted by molar-refractivity contribution is 0.298. The van der Waals surface area contributed by atoms with Gasteiger partial charge in [-0.05, 0) is 6.72 Å². The second-order valence-corrected chi connectivity index (χ2v) is 2.43. The van der Waals surface area contributed by atoms with Gasteiger partial charge in [-0.3, -0.25) is 4.99 Å². The Bertz CT molecular complexity index is 314. The molecule has 1 heterocycles. The monoisotopic (exact) mass is 181 g/mol. The summed E-state index contributed by atoms with van der Waals surface area (Å²) < 4.78 is 0. The highest BCUT2D eigenvalue weighted by Crippen LogP contribution is 2.28. The van der Waals surface area contributed by atoms with Gasteiger partial charge in [0.25, 0.3) is 0 Å². The van der Waals surface area contributed by atoms with Crippen LogP contribution in [0, 0.1) is 0 Å². The summed E-state index contributed by atoms with van der Waals surface area (Å²) in [5.41, 5.74) is 5.92. The van der Waals surface area contributed by atoms with E-state index < -0.39 is 0 Å². The lowest BCUT2D eigenvalue weighted by Crippen LogP contribution is -2.19. The molecular weight excluding hydrogens is 170 g/mol. The van der Waals surface area contributed by atoms with Crippen molar-refractivity contribution < 1.29 is 5.11 Å². The first-order chi connectivity index (χ1) is 6.20. The molecule has 0 saturated heterocycles. The Morgan fingerprint density at radius 2 is 2.38 bits per heavy atom. The highest BCUT2D eigenvalue weighted by molar-refractivity contribution is 5.74. The summed E-state index contributed by atoms with van der Waals surface area (Å²) in [4.78, 5) is 12.8. The summed E-state index contributed by atoms with van der Waals surface area (Å²) in [6, 6.07) is 0. The van der Waals surface area contributed by atoms with Gasteiger partial charge in [0.2, 0.25) is 0 Å². The van der Waals surface area contributed by atoms with Crippen molar-refractivity contribution in [3.63, 3.8) is 0 Å². The zero-order chi connectivity index (χ0) is 9.84. The molecule has 0 aliphatic rings. The van der Waals surface area contributed by atoms with E-state index in [1.807, 2.05) is 0 Å². The van der Waals surface area contributed by atoms with Crippen molar-refractivity contribution in [3.8, 4) is 0 Å². The Kier molecular flexibility index (Phi) is 2.76. The van der Waals surface area contributed by atoms with Crippen LogP contribution in [-0.4, -0.2) is 35.6 Å². The van der Waals surface area contributed by atoms with E-state index in [2.05, 4.69) is 21.7 Å². The van der Waals surface area contributed by atoms with Crippen LogP contribution in [0.15, 0.2) is 11.3 Å². The second kappa shape index (κ2) is 3.81. The molecular formula is C7H11N5O. The van der Waals surface area contributed by atoms with E-state index in [4.69, 9.17) is 10.8 Å². The number of rotatable bonds is 3. The summed E-state index contributed by atoms with van der Waals surface area (Å²) in [5.74, 6) is 0.713. The number of nitrogen functional groups attached to an aromatic ring is 1. The van der Waals surface area contributed by atoms with Crippen LogP contribution < -0.4 is 10.6 Å². The van der Waals surface area contributed by atoms with Crippen molar-refractivity contribution in [1.82, 2.24) is 9.97 Å². The molecule has 0 unspecified atom stereocenters. The summed E-state index contributed by atoms with van der Waals surface area (Å²) in [7, 11) is 1.66. The SMILES string of the molecule is C=Nc1c(N)ncnc1N(C)CO. The standard InChI is InChI=1S/C7H11N5O/c1-9-5-6(8)10-3-11-7(5)12(2)4-13/h3,13H,1,4H2,2H3,(H2,8,10,11). The maximum atomic E-state index is 8.86. The molecule has 1 aromatic heterocycles. The number of hydrogen-bond donors (Lipinski definition) is 2. The maximum absolute atomic E-state index is 8.86. The summed E-state index contributed by atoms with van der Waals surface area (Å²) in [6.07, 6.45) is 1.31. The average Bonchev–Trinajstić information content (AvgIpc) is 2.16. The first-order valence-corrected chi connectivity index (χ1v) is 3.60. The quantitative estimate of drug-likeness (QED) is 0.497. The van der Waals surface area contributed by atoms with Gasteiger partial charge in [0.15, 0.2) is 11.6 Å². The summed E-state index contributed by atoms with van der Waals surface area (Å²) >= 11 is 0. The molecule has 0 radical (unpaired) electrons. The van der Waals surface area contributed by atoms with Crippen LogP contribution in [0.3, 0.4) is 0 Å². The van der Waals surface area contributed by atoms with Crippen LogP contribution in [-0.2, 0) is 0 Å². The number of aromatic nitrogens is 2. The molecule has 0 amide bonds. The third-order valence-electron chi connectivity index (χ3n) is 1.56. The second-order valence-electron chi connectivity index (χ2n) is 2.43. The molecule has 0 aliphatic heterocycles. The van der Waals surface area contributed by atoms with Gasteiger partial charge in [-0.25, -0.2) is 9.97 Å². The van der Waals surface area contributed by atoms with Crippen molar-refractivity contribution >= 4 is 24.0 Å². The molecule has 13 heavy (non-hydrogen) atoms. The topological polar surface area (TPSA) is 87.6 Å². The number of aliphatic imine (C=N–C) groups is 1. The van der Waals surface area contributed by atoms with Gasteiger partial charge in [0.05, 0.1) is 0 Å². The molecule has 0 bridgehead atoms. The Morgan fingerprint density at radius 3 is 2.92 bits per heavy atom. The predicted molar refractivity (Wildman–Crippen MR) is 51.1 cm³/mol. The number of nitrogens with two attached hydrogens (primary N) is 1. The smallest absolute Gasteiger partial charge is 0.161 e. The molecule has 0 spiro atoms. The molecule has 3 N–H and O–H groups in total. The van der Waals surface area contributed by atoms with Gasteiger partial charge < -0.3 is 15.7 Å². The maximum Gasteiger partial charge on any atom is 0.161 e. The minimum absolute atomic E-state index is 0.168. The van der Waals surface area contributed by atoms with E-state index >= 15 is 0 Å². The number of hydrogen-bond acceptors (Lipinski definition) is 6. The Hall–Kier alpha value is -1.69. The number of aliphatic hydroxyl groups is 1. The minimum atomic E-state index is -0.168. The first kappa shape index (κ1) is 9.40. The molecule has 6 heteroatoms. The van der Waals surface area contributed by atoms with E-state index in [-0.39, 0.29) is 12.5 Å². The molecule has 0 aliphatic carbocycles. The van der Waals surface area contributed by atoms with Crippen LogP contribution in [0.2, 0.25) is 0 Å². The van der Waals surface area contributed by atoms with Crippen molar-refractivity contribution in [1.29, 1.82) is 0 Å². The largest absolute Gasteiger partial charge is 0.382 e. The minimum Gasteiger partial charge on any atom is -0.382 e. The molecule has 1 aromatic rings. The Morgan fingerprint density at radius 1 is 1.69 bits per heavy atom. The molecule has 0 fully saturated rings. The van der Waals surface area contributed by atoms with Gasteiger partial charge in [-0.1, -0.05) is 0 Å². The first-order valence-electron chi connectivity index (χ1n) is 3.60. The highest BCUT2D eigenvalue weighted by Gasteiger charge is 2.10. The van der Waals surface area contributed by atoms with Crippen LogP contribution in [0.1, 0.15) is 0 Å². The Balaban J connectivity index is 3.19. The van der Waals surface area contributed by atoms with Crippen molar-refractivity contribution in [2.45, 2.75) is 0 Å². The molecule has 1 rings (SSSR count). The van der Waals surface area contributed by atoms with Crippen LogP contribution >= 0.6 is 0 Å². The number of nitrogens with zero attached hydrogens (tertiary/aromatic N) is 4. The number of anilines is 2. The van der Waals surface area contributed by atoms with Crippen LogP contribution in [0.4, 0.5) is 17.3 Å². The van der Waals surface area contributed by atoms with Gasteiger partial charge in [-0.15, -0.1) is 0 Å². The normalized spacial score (nSPS) is 9.69. The third-order valence-corrected chi connectivity index (χ3v) is 1.56. The fourth-order valence-corrected chi connectivity index (χ4v) is 0.881. The molecule has 0 atom stereocenters. The van der Waals surface area contributed by atoms with Crippen LogP contribution in [0.25, 0.3) is 0 Å². The third kappa shape index (κ3) is 1.73. The van der Waals surface area contributed by atoms with Crippen molar-refractivity contribution in [2.75, 3.05) is 24.4 Å². The van der Waals surface area contributed by atoms with E-state index in [0.29, 0.717) is 11.5 Å². The van der Waals surface area contributed by atoms with E-state index in [1.54, 1.807) is 7.05 Å². The predicted octanol–water partition coefficient (Wildman–Crippen LogP) is -0.223. The lowest BCUT2D eigenvalue weighted by atomic mass is 10.4. The van der Waals surface area contributed by atoms with Gasteiger partial charge in [-0.2, -0.15) is 0 Å². The van der Waals surface area contributed by atoms with E-state index in [1.165, 1.54) is 11.2 Å². The Labute approximate surface area is 75.8 Å². The van der Waals surface area contributed by atoms with E-state index in [9.17, 15) is 0 Å². The van der Waals surface area contributed by atoms with E-state index in [0.717, 1.165) is 0 Å². The van der Waals surface area contributed by atoms with Crippen LogP contribution in [0.5, 0.6) is 0 Å². The number of aliphatic hydroxyl groups excluding tert-OH is 1. The van der Waals surface area contributed by atoms with Gasteiger partial charge >= 0.3 is 0 Å².